The molecule has 2 aliphatic heterocycles. The summed E-state index contributed by atoms with van der Waals surface area (Å²) in [5, 5.41) is 29.0. The number of hydrogen-bond donors (Lipinski definition) is 3. The first kappa shape index (κ1) is 37.8. The molecule has 48 heavy (non-hydrogen) atoms. The minimum absolute atomic E-state index is 0.0301. The van der Waals surface area contributed by atoms with E-state index >= 15 is 0 Å². The van der Waals surface area contributed by atoms with Crippen LogP contribution in [0.25, 0.3) is 0 Å². The zero-order valence-corrected chi connectivity index (χ0v) is 29.6. The number of aromatic amines is 1. The van der Waals surface area contributed by atoms with Crippen LogP contribution in [0.1, 0.15) is 70.7 Å². The molecule has 0 bridgehead atoms. The zero-order chi connectivity index (χ0) is 34.8. The van der Waals surface area contributed by atoms with Crippen LogP contribution in [0.4, 0.5) is 0 Å². The molecule has 3 N–H and O–H groups in total. The normalized spacial score (nSPS) is 28.9. The number of aromatic nitrogens is 2. The maximum Gasteiger partial charge on any atom is 0.237 e. The third-order valence-corrected chi connectivity index (χ3v) is 10.2. The second-order valence-corrected chi connectivity index (χ2v) is 14.1. The maximum absolute atomic E-state index is 14.7. The number of ether oxygens (including phenoxy) is 3. The zero-order valence-electron chi connectivity index (χ0n) is 29.6. The van der Waals surface area contributed by atoms with Gasteiger partial charge >= 0.3 is 0 Å². The van der Waals surface area contributed by atoms with Gasteiger partial charge in [0.2, 0.25) is 11.8 Å². The highest BCUT2D eigenvalue weighted by Gasteiger charge is 2.39. The van der Waals surface area contributed by atoms with Crippen molar-refractivity contribution in [2.24, 2.45) is 11.8 Å². The second kappa shape index (κ2) is 17.6. The number of carbonyl (C=O) groups excluding carboxylic acids is 2. The van der Waals surface area contributed by atoms with Crippen LogP contribution in [0.3, 0.4) is 0 Å². The van der Waals surface area contributed by atoms with Gasteiger partial charge in [-0.2, -0.15) is 5.10 Å². The Balaban J connectivity index is 1.74. The lowest BCUT2D eigenvalue weighted by molar-refractivity contribution is -0.140. The lowest BCUT2D eigenvalue weighted by Gasteiger charge is -2.44. The standard InChI is InChI=1S/C36H57N5O7/c1-25(2)29-20-40(26(3)42)21-31(47-6)35(45)30(43)23-48-18-8-7-17-41(34(29)27-11-9-12-28(19-27)46-5)33(44)22-39-16-10-14-36(4,24-39)32-13-15-37-38-32/h9,11-13,15,19,25,29-31,34-35,43,45H,7-8,10,14,16-18,20-24H2,1-6H3,(H,37,38)/t29-,30+,31+,34-,35+,36?/m1/s1. The third kappa shape index (κ3) is 9.56. The lowest BCUT2D eigenvalue weighted by Crippen LogP contribution is -2.52. The van der Waals surface area contributed by atoms with Crippen molar-refractivity contribution in [2.45, 2.75) is 83.1 Å². The highest BCUT2D eigenvalue weighted by molar-refractivity contribution is 5.79. The van der Waals surface area contributed by atoms with E-state index in [0.717, 1.165) is 37.2 Å². The summed E-state index contributed by atoms with van der Waals surface area (Å²) in [6, 6.07) is 9.51. The van der Waals surface area contributed by atoms with Crippen molar-refractivity contribution < 1.29 is 34.0 Å². The summed E-state index contributed by atoms with van der Waals surface area (Å²) in [7, 11) is 3.10. The Kier molecular flexibility index (Phi) is 13.8. The molecule has 0 aliphatic carbocycles. The number of carbonyl (C=O) groups is 2. The van der Waals surface area contributed by atoms with Gasteiger partial charge in [0.15, 0.2) is 0 Å². The number of amides is 2. The van der Waals surface area contributed by atoms with Gasteiger partial charge < -0.3 is 34.2 Å². The first-order valence-corrected chi connectivity index (χ1v) is 17.3. The van der Waals surface area contributed by atoms with E-state index in [0.29, 0.717) is 38.3 Å². The predicted octanol–water partition coefficient (Wildman–Crippen LogP) is 3.01. The number of rotatable bonds is 7. The molecule has 6 atom stereocenters. The van der Waals surface area contributed by atoms with Gasteiger partial charge in [0.1, 0.15) is 24.1 Å². The predicted molar refractivity (Wildman–Crippen MR) is 183 cm³/mol. The molecule has 2 aromatic rings. The van der Waals surface area contributed by atoms with Crippen LogP contribution in [0, 0.1) is 11.8 Å². The Morgan fingerprint density at radius 1 is 1.12 bits per heavy atom. The van der Waals surface area contributed by atoms with Gasteiger partial charge in [-0.15, -0.1) is 0 Å². The Morgan fingerprint density at radius 3 is 2.58 bits per heavy atom. The maximum atomic E-state index is 14.7. The first-order valence-electron chi connectivity index (χ1n) is 17.3. The Hall–Kier alpha value is -3.03. The number of aliphatic hydroxyl groups is 2. The van der Waals surface area contributed by atoms with Crippen LogP contribution in [0.2, 0.25) is 0 Å². The smallest absolute Gasteiger partial charge is 0.237 e. The van der Waals surface area contributed by atoms with Gasteiger partial charge in [-0.25, -0.2) is 0 Å². The van der Waals surface area contributed by atoms with E-state index in [4.69, 9.17) is 14.2 Å². The molecule has 268 valence electrons. The van der Waals surface area contributed by atoms with E-state index < -0.39 is 18.3 Å². The molecule has 2 fully saturated rings. The van der Waals surface area contributed by atoms with Gasteiger partial charge in [-0.05, 0) is 61.9 Å². The summed E-state index contributed by atoms with van der Waals surface area (Å²) >= 11 is 0. The van der Waals surface area contributed by atoms with Crippen LogP contribution in [0.15, 0.2) is 36.5 Å². The largest absolute Gasteiger partial charge is 0.497 e. The monoisotopic (exact) mass is 671 g/mol. The first-order chi connectivity index (χ1) is 23.0. The summed E-state index contributed by atoms with van der Waals surface area (Å²) in [6.07, 6.45) is 1.86. The molecule has 4 rings (SSSR count). The number of hydrogen-bond acceptors (Lipinski definition) is 9. The molecule has 2 aliphatic rings. The number of nitrogens with one attached hydrogen (secondary N) is 1. The fraction of sp³-hybridized carbons (Fsp3) is 0.694. The van der Waals surface area contributed by atoms with Crippen molar-refractivity contribution in [2.75, 3.05) is 66.7 Å². The topological polar surface area (TPSA) is 141 Å². The molecule has 1 aromatic carbocycles. The number of likely N-dealkylation sites (tertiary alicyclic amines) is 1. The second-order valence-electron chi connectivity index (χ2n) is 14.1. The van der Waals surface area contributed by atoms with Gasteiger partial charge in [0.25, 0.3) is 0 Å². The van der Waals surface area contributed by atoms with Crippen molar-refractivity contribution in [1.82, 2.24) is 24.9 Å². The van der Waals surface area contributed by atoms with E-state index in [1.54, 1.807) is 18.2 Å². The molecular weight excluding hydrogens is 614 g/mol. The highest BCUT2D eigenvalue weighted by Crippen LogP contribution is 2.38. The van der Waals surface area contributed by atoms with Gasteiger partial charge in [-0.3, -0.25) is 19.6 Å². The molecule has 2 amide bonds. The van der Waals surface area contributed by atoms with E-state index in [9.17, 15) is 19.8 Å². The summed E-state index contributed by atoms with van der Waals surface area (Å²) in [4.78, 5) is 33.8. The van der Waals surface area contributed by atoms with Crippen molar-refractivity contribution in [3.63, 3.8) is 0 Å². The fourth-order valence-electron chi connectivity index (χ4n) is 7.31. The van der Waals surface area contributed by atoms with Crippen molar-refractivity contribution in [3.8, 4) is 5.75 Å². The molecule has 0 spiro atoms. The molecule has 12 heteroatoms. The average Bonchev–Trinajstić information content (AvgIpc) is 3.62. The molecule has 1 unspecified atom stereocenters. The Morgan fingerprint density at radius 2 is 1.92 bits per heavy atom. The molecule has 0 radical (unpaired) electrons. The van der Waals surface area contributed by atoms with Gasteiger partial charge in [0.05, 0.1) is 26.3 Å². The highest BCUT2D eigenvalue weighted by atomic mass is 16.5. The van der Waals surface area contributed by atoms with E-state index in [-0.39, 0.29) is 54.8 Å². The van der Waals surface area contributed by atoms with Crippen LogP contribution >= 0.6 is 0 Å². The Bertz CT molecular complexity index is 1290. The molecule has 0 saturated carbocycles. The van der Waals surface area contributed by atoms with Gasteiger partial charge in [-0.1, -0.05) is 32.9 Å². The van der Waals surface area contributed by atoms with Crippen molar-refractivity contribution >= 4 is 11.8 Å². The number of methoxy groups -OCH3 is 2. The number of benzene rings is 1. The number of nitrogens with zero attached hydrogens (tertiary/aromatic N) is 4. The SMILES string of the molecule is COc1cccc([C@@H]2[C@@H](C(C)C)CN(C(C)=O)C[C@H](OC)[C@@H](O)[C@@H](O)COCCCCN2C(=O)CN2CCCC(C)(c3ccn[nH]3)C2)c1. The number of aliphatic hydroxyl groups excluding tert-OH is 2. The molecule has 1 aromatic heterocycles. The molecule has 2 saturated heterocycles. The summed E-state index contributed by atoms with van der Waals surface area (Å²) in [5.74, 6) is 0.425. The van der Waals surface area contributed by atoms with E-state index in [1.165, 1.54) is 14.0 Å². The van der Waals surface area contributed by atoms with Crippen LogP contribution < -0.4 is 4.74 Å². The van der Waals surface area contributed by atoms with Crippen molar-refractivity contribution in [3.05, 3.63) is 47.8 Å². The van der Waals surface area contributed by atoms with E-state index in [2.05, 4.69) is 35.9 Å². The quantitative estimate of drug-likeness (QED) is 0.405. The molecule has 12 nitrogen and oxygen atoms in total. The average molecular weight is 672 g/mol. The van der Waals surface area contributed by atoms with Crippen LogP contribution in [0.5, 0.6) is 5.75 Å². The van der Waals surface area contributed by atoms with Crippen LogP contribution in [-0.4, -0.2) is 132 Å². The number of piperidine rings is 1. The summed E-state index contributed by atoms with van der Waals surface area (Å²) in [6.45, 7) is 11.0. The Labute approximate surface area is 285 Å². The van der Waals surface area contributed by atoms with E-state index in [1.807, 2.05) is 35.2 Å². The molecule has 3 heterocycles. The number of H-pyrrole nitrogens is 1. The fourth-order valence-corrected chi connectivity index (χ4v) is 7.31. The molecular formula is C36H57N5O7. The lowest BCUT2D eigenvalue weighted by atomic mass is 9.79. The van der Waals surface area contributed by atoms with Crippen LogP contribution in [-0.2, 0) is 24.5 Å². The minimum Gasteiger partial charge on any atom is -0.497 e. The third-order valence-electron chi connectivity index (χ3n) is 10.2. The van der Waals surface area contributed by atoms with Gasteiger partial charge in [0, 0.05) is 70.0 Å². The summed E-state index contributed by atoms with van der Waals surface area (Å²) in [5.41, 5.74) is 1.88. The summed E-state index contributed by atoms with van der Waals surface area (Å²) < 4.78 is 17.0. The van der Waals surface area contributed by atoms with Crippen molar-refractivity contribution in [1.29, 1.82) is 0 Å². The minimum atomic E-state index is -1.25.